The van der Waals surface area contributed by atoms with Crippen molar-refractivity contribution in [2.24, 2.45) is 4.99 Å². The van der Waals surface area contributed by atoms with Gasteiger partial charge in [-0.2, -0.15) is 0 Å². The van der Waals surface area contributed by atoms with Gasteiger partial charge in [0.15, 0.2) is 0 Å². The van der Waals surface area contributed by atoms with Crippen LogP contribution >= 0.6 is 0 Å². The summed E-state index contributed by atoms with van der Waals surface area (Å²) in [7, 11) is 4.98. The van der Waals surface area contributed by atoms with Gasteiger partial charge in [-0.1, -0.05) is 12.1 Å². The van der Waals surface area contributed by atoms with Crippen LogP contribution in [-0.2, 0) is 14.3 Å². The van der Waals surface area contributed by atoms with E-state index in [0.717, 1.165) is 17.0 Å². The highest BCUT2D eigenvalue weighted by Gasteiger charge is 2.33. The third-order valence-electron chi connectivity index (χ3n) is 3.80. The second kappa shape index (κ2) is 7.17. The Bertz CT molecular complexity index is 634. The number of hydrogen-bond acceptors (Lipinski definition) is 6. The summed E-state index contributed by atoms with van der Waals surface area (Å²) in [6, 6.07) is 7.44. The van der Waals surface area contributed by atoms with Crippen molar-refractivity contribution >= 4 is 12.0 Å². The third-order valence-corrected chi connectivity index (χ3v) is 3.80. The topological polar surface area (TPSA) is 60.4 Å². The Hall–Kier alpha value is -2.50. The van der Waals surface area contributed by atoms with Gasteiger partial charge in [0.05, 0.1) is 26.4 Å². The molecule has 1 aliphatic heterocycles. The molecule has 1 unspecified atom stereocenters. The molecule has 0 radical (unpaired) electrons. The molecule has 1 atom stereocenters. The second-order valence-corrected chi connectivity index (χ2v) is 5.07. The molecule has 124 valence electrons. The van der Waals surface area contributed by atoms with Crippen molar-refractivity contribution in [1.29, 1.82) is 0 Å². The Labute approximate surface area is 136 Å². The van der Waals surface area contributed by atoms with Gasteiger partial charge in [-0.15, -0.1) is 0 Å². The van der Waals surface area contributed by atoms with E-state index in [1.807, 2.05) is 31.2 Å². The van der Waals surface area contributed by atoms with Crippen LogP contribution in [-0.4, -0.2) is 44.8 Å². The summed E-state index contributed by atoms with van der Waals surface area (Å²) >= 11 is 0. The fourth-order valence-corrected chi connectivity index (χ4v) is 2.47. The summed E-state index contributed by atoms with van der Waals surface area (Å²) in [5.74, 6) is 0.382. The molecule has 0 amide bonds. The van der Waals surface area contributed by atoms with E-state index in [1.165, 1.54) is 0 Å². The van der Waals surface area contributed by atoms with E-state index in [2.05, 4.69) is 4.99 Å². The van der Waals surface area contributed by atoms with Crippen LogP contribution in [0.4, 0.5) is 0 Å². The smallest absolute Gasteiger partial charge is 0.338 e. The Morgan fingerprint density at radius 2 is 1.87 bits per heavy atom. The molecule has 0 spiro atoms. The molecule has 2 rings (SSSR count). The zero-order valence-electron chi connectivity index (χ0n) is 14.1. The molecule has 1 aromatic carbocycles. The normalized spacial score (nSPS) is 17.7. The van der Waals surface area contributed by atoms with Crippen molar-refractivity contribution in [2.75, 3.05) is 27.9 Å². The maximum absolute atomic E-state index is 12.4. The lowest BCUT2D eigenvalue weighted by molar-refractivity contribution is -0.139. The molecular weight excluding hydrogens is 296 g/mol. The standard InChI is InChI=1S/C17H22N2O4/c1-6-23-16(20)14-11(2)19(3)17(22-5)18-15(14)12-7-9-13(21-4)10-8-12/h7-10,15H,6H2,1-5H3. The second-order valence-electron chi connectivity index (χ2n) is 5.07. The van der Waals surface area contributed by atoms with Gasteiger partial charge >= 0.3 is 5.97 Å². The molecule has 0 N–H and O–H groups in total. The average molecular weight is 318 g/mol. The first-order valence-electron chi connectivity index (χ1n) is 7.40. The van der Waals surface area contributed by atoms with Crippen LogP contribution in [0.5, 0.6) is 5.75 Å². The lowest BCUT2D eigenvalue weighted by Gasteiger charge is -2.31. The van der Waals surface area contributed by atoms with Crippen LogP contribution in [0.1, 0.15) is 25.5 Å². The molecule has 6 heteroatoms. The first kappa shape index (κ1) is 16.9. The van der Waals surface area contributed by atoms with E-state index >= 15 is 0 Å². The largest absolute Gasteiger partial charge is 0.497 e. The zero-order chi connectivity index (χ0) is 17.0. The predicted octanol–water partition coefficient (Wildman–Crippen LogP) is 2.52. The number of methoxy groups -OCH3 is 2. The summed E-state index contributed by atoms with van der Waals surface area (Å²) in [6.45, 7) is 3.96. The number of esters is 1. The molecule has 6 nitrogen and oxygen atoms in total. The van der Waals surface area contributed by atoms with Gasteiger partial charge in [0, 0.05) is 12.7 Å². The number of carbonyl (C=O) groups is 1. The first-order chi connectivity index (χ1) is 11.0. The fourth-order valence-electron chi connectivity index (χ4n) is 2.47. The lowest BCUT2D eigenvalue weighted by atomic mass is 9.96. The molecule has 0 fully saturated rings. The van der Waals surface area contributed by atoms with Gasteiger partial charge in [-0.3, -0.25) is 0 Å². The number of hydrogen-bond donors (Lipinski definition) is 0. The highest BCUT2D eigenvalue weighted by Crippen LogP contribution is 2.34. The van der Waals surface area contributed by atoms with Gasteiger partial charge in [0.1, 0.15) is 11.8 Å². The van der Waals surface area contributed by atoms with Gasteiger partial charge in [0.25, 0.3) is 6.02 Å². The van der Waals surface area contributed by atoms with Crippen molar-refractivity contribution in [3.8, 4) is 5.75 Å². The molecule has 0 aromatic heterocycles. The van der Waals surface area contributed by atoms with E-state index in [9.17, 15) is 4.79 Å². The van der Waals surface area contributed by atoms with E-state index in [1.54, 1.807) is 33.1 Å². The van der Waals surface area contributed by atoms with Crippen molar-refractivity contribution in [2.45, 2.75) is 19.9 Å². The average Bonchev–Trinajstić information content (AvgIpc) is 2.57. The predicted molar refractivity (Wildman–Crippen MR) is 87.3 cm³/mol. The number of carbonyl (C=O) groups excluding carboxylic acids is 1. The van der Waals surface area contributed by atoms with Crippen molar-refractivity contribution in [3.05, 3.63) is 41.1 Å². The van der Waals surface area contributed by atoms with E-state index < -0.39 is 6.04 Å². The quantitative estimate of drug-likeness (QED) is 0.798. The number of aliphatic imine (C=N–C) groups is 1. The summed E-state index contributed by atoms with van der Waals surface area (Å²) < 4.78 is 15.7. The molecule has 23 heavy (non-hydrogen) atoms. The Morgan fingerprint density at radius 1 is 1.22 bits per heavy atom. The van der Waals surface area contributed by atoms with Crippen LogP contribution < -0.4 is 4.74 Å². The molecule has 1 aliphatic rings. The maximum Gasteiger partial charge on any atom is 0.338 e. The van der Waals surface area contributed by atoms with Crippen LogP contribution in [0.25, 0.3) is 0 Å². The summed E-state index contributed by atoms with van der Waals surface area (Å²) in [6.07, 6.45) is 0. The first-order valence-corrected chi connectivity index (χ1v) is 7.40. The van der Waals surface area contributed by atoms with Gasteiger partial charge in [0.2, 0.25) is 0 Å². The Kier molecular flexibility index (Phi) is 5.26. The summed E-state index contributed by atoms with van der Waals surface area (Å²) in [5, 5.41) is 0. The van der Waals surface area contributed by atoms with E-state index in [0.29, 0.717) is 18.2 Å². The van der Waals surface area contributed by atoms with Gasteiger partial charge < -0.3 is 19.1 Å². The van der Waals surface area contributed by atoms with Crippen LogP contribution in [0.3, 0.4) is 0 Å². The van der Waals surface area contributed by atoms with E-state index in [-0.39, 0.29) is 5.97 Å². The molecule has 1 heterocycles. The van der Waals surface area contributed by atoms with Gasteiger partial charge in [-0.25, -0.2) is 9.79 Å². The number of ether oxygens (including phenoxy) is 3. The number of rotatable bonds is 4. The number of amidine groups is 1. The molecule has 0 bridgehead atoms. The van der Waals surface area contributed by atoms with Crippen molar-refractivity contribution in [3.63, 3.8) is 0 Å². The number of nitrogens with zero attached hydrogens (tertiary/aromatic N) is 2. The maximum atomic E-state index is 12.4. The minimum Gasteiger partial charge on any atom is -0.497 e. The van der Waals surface area contributed by atoms with Crippen LogP contribution in [0.2, 0.25) is 0 Å². The van der Waals surface area contributed by atoms with Crippen LogP contribution in [0.15, 0.2) is 40.5 Å². The monoisotopic (exact) mass is 318 g/mol. The Balaban J connectivity index is 2.49. The minimum atomic E-state index is -0.467. The number of benzene rings is 1. The minimum absolute atomic E-state index is 0.315. The molecule has 0 aliphatic carbocycles. The molecular formula is C17H22N2O4. The third kappa shape index (κ3) is 3.31. The van der Waals surface area contributed by atoms with Crippen molar-refractivity contribution < 1.29 is 19.0 Å². The molecule has 0 saturated carbocycles. The molecule has 0 saturated heterocycles. The number of allylic oxidation sites excluding steroid dienone is 1. The Morgan fingerprint density at radius 3 is 2.39 bits per heavy atom. The van der Waals surface area contributed by atoms with E-state index in [4.69, 9.17) is 14.2 Å². The van der Waals surface area contributed by atoms with Crippen LogP contribution in [0, 0.1) is 0 Å². The lowest BCUT2D eigenvalue weighted by Crippen LogP contribution is -2.34. The summed E-state index contributed by atoms with van der Waals surface area (Å²) in [4.78, 5) is 18.7. The zero-order valence-corrected chi connectivity index (χ0v) is 14.1. The molecule has 1 aromatic rings. The highest BCUT2D eigenvalue weighted by atomic mass is 16.5. The SMILES string of the molecule is CCOC(=O)C1=C(C)N(C)C(OC)=NC1c1ccc(OC)cc1. The summed E-state index contributed by atoms with van der Waals surface area (Å²) in [5.41, 5.74) is 2.15. The van der Waals surface area contributed by atoms with Gasteiger partial charge in [-0.05, 0) is 31.5 Å². The highest BCUT2D eigenvalue weighted by molar-refractivity contribution is 5.94. The fraction of sp³-hybridized carbons (Fsp3) is 0.412. The van der Waals surface area contributed by atoms with Crippen molar-refractivity contribution in [1.82, 2.24) is 4.90 Å².